The molecule has 0 atom stereocenters. The van der Waals surface area contributed by atoms with E-state index in [0.29, 0.717) is 47.4 Å². The van der Waals surface area contributed by atoms with E-state index in [1.165, 1.54) is 0 Å². The first kappa shape index (κ1) is 21.1. The Kier molecular flexibility index (Phi) is 4.76. The molecule has 0 spiro atoms. The summed E-state index contributed by atoms with van der Waals surface area (Å²) in [5.41, 5.74) is 5.14. The summed E-state index contributed by atoms with van der Waals surface area (Å²) in [6.45, 7) is 1.97. The number of aromatic amines is 1. The van der Waals surface area contributed by atoms with Gasteiger partial charge in [0.25, 0.3) is 11.5 Å². The molecule has 2 aliphatic heterocycles. The van der Waals surface area contributed by atoms with Crippen LogP contribution in [0.2, 0.25) is 5.02 Å². The number of benzene rings is 2. The second kappa shape index (κ2) is 7.90. The number of halogens is 1. The van der Waals surface area contributed by atoms with Crippen molar-refractivity contribution in [2.24, 2.45) is 0 Å². The Morgan fingerprint density at radius 2 is 1.89 bits per heavy atom. The molecule has 0 bridgehead atoms. The Hall–Kier alpha value is -3.23. The number of fused-ring (bicyclic) bond motifs is 4. The zero-order valence-electron chi connectivity index (χ0n) is 19.1. The van der Waals surface area contributed by atoms with Crippen molar-refractivity contribution in [2.45, 2.75) is 43.9 Å². The molecule has 0 unspecified atom stereocenters. The molecule has 7 rings (SSSR count). The minimum Gasteiger partial charge on any atom is -0.381 e. The third-order valence-corrected chi connectivity index (χ3v) is 7.80. The fourth-order valence-corrected chi connectivity index (χ4v) is 5.81. The SMILES string of the molecule is O=C(c1cc2[nH]c(=O)c3nnc(C4CCOCC4)n3c2cc1C1CC1)N1CCc2cc(Cl)ccc21. The Morgan fingerprint density at radius 1 is 1.06 bits per heavy atom. The summed E-state index contributed by atoms with van der Waals surface area (Å²) in [6.07, 6.45) is 4.58. The summed E-state index contributed by atoms with van der Waals surface area (Å²) in [4.78, 5) is 31.6. The lowest BCUT2D eigenvalue weighted by Gasteiger charge is -2.22. The van der Waals surface area contributed by atoms with Crippen LogP contribution in [0, 0.1) is 0 Å². The maximum absolute atomic E-state index is 13.9. The molecule has 1 saturated carbocycles. The molecule has 1 amide bonds. The monoisotopic (exact) mass is 489 g/mol. The van der Waals surface area contributed by atoms with Gasteiger partial charge in [-0.25, -0.2) is 0 Å². The number of anilines is 1. The molecular formula is C26H24ClN5O3. The van der Waals surface area contributed by atoms with Crippen molar-refractivity contribution in [3.63, 3.8) is 0 Å². The minimum atomic E-state index is -0.304. The van der Waals surface area contributed by atoms with Crippen LogP contribution in [0.15, 0.2) is 35.1 Å². The second-order valence-electron chi connectivity index (χ2n) is 9.77. The van der Waals surface area contributed by atoms with Gasteiger partial charge in [0, 0.05) is 41.9 Å². The first-order chi connectivity index (χ1) is 17.1. The first-order valence-corrected chi connectivity index (χ1v) is 12.6. The van der Waals surface area contributed by atoms with Crippen molar-refractivity contribution < 1.29 is 9.53 Å². The van der Waals surface area contributed by atoms with Crippen LogP contribution < -0.4 is 10.5 Å². The van der Waals surface area contributed by atoms with Gasteiger partial charge in [-0.1, -0.05) is 11.6 Å². The Balaban J connectivity index is 1.40. The molecule has 2 aromatic carbocycles. The number of nitrogens with one attached hydrogen (secondary N) is 1. The summed E-state index contributed by atoms with van der Waals surface area (Å²) in [5.74, 6) is 1.28. The van der Waals surface area contributed by atoms with Crippen molar-refractivity contribution >= 4 is 39.9 Å². The maximum atomic E-state index is 13.9. The fourth-order valence-electron chi connectivity index (χ4n) is 5.61. The van der Waals surface area contributed by atoms with Crippen LogP contribution >= 0.6 is 11.6 Å². The van der Waals surface area contributed by atoms with Gasteiger partial charge in [0.05, 0.1) is 11.0 Å². The van der Waals surface area contributed by atoms with Crippen LogP contribution in [0.5, 0.6) is 0 Å². The lowest BCUT2D eigenvalue weighted by Crippen LogP contribution is -2.30. The molecule has 2 fully saturated rings. The van der Waals surface area contributed by atoms with Gasteiger partial charge in [-0.3, -0.25) is 14.0 Å². The highest BCUT2D eigenvalue weighted by molar-refractivity contribution is 6.30. The van der Waals surface area contributed by atoms with E-state index in [0.717, 1.165) is 60.3 Å². The third kappa shape index (κ3) is 3.38. The highest BCUT2D eigenvalue weighted by Crippen LogP contribution is 2.44. The number of rotatable bonds is 3. The molecule has 0 radical (unpaired) electrons. The van der Waals surface area contributed by atoms with Gasteiger partial charge in [0.1, 0.15) is 5.82 Å². The summed E-state index contributed by atoms with van der Waals surface area (Å²) >= 11 is 6.17. The van der Waals surface area contributed by atoms with E-state index in [4.69, 9.17) is 16.3 Å². The molecule has 8 nitrogen and oxygen atoms in total. The van der Waals surface area contributed by atoms with Gasteiger partial charge < -0.3 is 14.6 Å². The van der Waals surface area contributed by atoms with Crippen LogP contribution in [0.1, 0.15) is 64.8 Å². The molecule has 1 saturated heterocycles. The van der Waals surface area contributed by atoms with E-state index in [1.54, 1.807) is 0 Å². The van der Waals surface area contributed by atoms with Crippen molar-refractivity contribution in [3.8, 4) is 0 Å². The van der Waals surface area contributed by atoms with Crippen LogP contribution in [-0.4, -0.2) is 45.2 Å². The van der Waals surface area contributed by atoms with Gasteiger partial charge in [0.15, 0.2) is 0 Å². The van der Waals surface area contributed by atoms with E-state index in [9.17, 15) is 9.59 Å². The number of ether oxygens (including phenoxy) is 1. The summed E-state index contributed by atoms with van der Waals surface area (Å²) in [6, 6.07) is 9.61. The smallest absolute Gasteiger partial charge is 0.294 e. The van der Waals surface area contributed by atoms with E-state index in [-0.39, 0.29) is 17.4 Å². The molecule has 2 aromatic heterocycles. The largest absolute Gasteiger partial charge is 0.381 e. The number of carbonyl (C=O) groups excluding carboxylic acids is 1. The highest BCUT2D eigenvalue weighted by atomic mass is 35.5. The van der Waals surface area contributed by atoms with E-state index in [1.807, 2.05) is 33.6 Å². The predicted octanol–water partition coefficient (Wildman–Crippen LogP) is 4.20. The van der Waals surface area contributed by atoms with Crippen molar-refractivity contribution in [1.29, 1.82) is 0 Å². The fraction of sp³-hybridized carbons (Fsp3) is 0.385. The van der Waals surface area contributed by atoms with Crippen LogP contribution in [-0.2, 0) is 11.2 Å². The number of carbonyl (C=O) groups is 1. The number of amides is 1. The van der Waals surface area contributed by atoms with Gasteiger partial charge in [-0.05, 0) is 79.5 Å². The minimum absolute atomic E-state index is 0.0378. The van der Waals surface area contributed by atoms with Crippen molar-refractivity contribution in [3.05, 3.63) is 68.2 Å². The molecular weight excluding hydrogens is 466 g/mol. The van der Waals surface area contributed by atoms with E-state index >= 15 is 0 Å². The normalized spacial score (nSPS) is 18.5. The number of nitrogens with zero attached hydrogens (tertiary/aromatic N) is 4. The molecule has 1 N–H and O–H groups in total. The molecule has 9 heteroatoms. The van der Waals surface area contributed by atoms with Gasteiger partial charge in [-0.15, -0.1) is 10.2 Å². The quantitative estimate of drug-likeness (QED) is 0.465. The molecule has 35 heavy (non-hydrogen) atoms. The summed E-state index contributed by atoms with van der Waals surface area (Å²) in [5, 5.41) is 9.33. The molecule has 4 heterocycles. The van der Waals surface area contributed by atoms with Gasteiger partial charge in [-0.2, -0.15) is 0 Å². The number of H-pyrrole nitrogens is 1. The topological polar surface area (TPSA) is 92.6 Å². The Labute approximate surface area is 205 Å². The highest BCUT2D eigenvalue weighted by Gasteiger charge is 2.33. The summed E-state index contributed by atoms with van der Waals surface area (Å²) < 4.78 is 7.43. The van der Waals surface area contributed by atoms with Crippen LogP contribution in [0.3, 0.4) is 0 Å². The molecule has 1 aliphatic carbocycles. The second-order valence-corrected chi connectivity index (χ2v) is 10.2. The number of hydrogen-bond donors (Lipinski definition) is 1. The number of hydrogen-bond acceptors (Lipinski definition) is 5. The van der Waals surface area contributed by atoms with Crippen LogP contribution in [0.25, 0.3) is 16.7 Å². The standard InChI is InChI=1S/C26H24ClN5O3/c27-17-3-4-21-16(11-17)5-8-31(21)26(34)19-12-20-22(13-18(19)14-1-2-14)32-23(15-6-9-35-10-7-15)29-30-24(32)25(33)28-20/h3-4,11-15H,1-2,5-10H2,(H,28,33). The lowest BCUT2D eigenvalue weighted by atomic mass is 9.98. The average molecular weight is 490 g/mol. The van der Waals surface area contributed by atoms with Crippen molar-refractivity contribution in [1.82, 2.24) is 19.6 Å². The Bertz CT molecular complexity index is 1570. The van der Waals surface area contributed by atoms with E-state index < -0.39 is 0 Å². The molecule has 178 valence electrons. The maximum Gasteiger partial charge on any atom is 0.294 e. The predicted molar refractivity (Wildman–Crippen MR) is 133 cm³/mol. The van der Waals surface area contributed by atoms with Gasteiger partial charge in [0.2, 0.25) is 5.65 Å². The van der Waals surface area contributed by atoms with Crippen LogP contribution in [0.4, 0.5) is 5.69 Å². The van der Waals surface area contributed by atoms with Crippen molar-refractivity contribution in [2.75, 3.05) is 24.7 Å². The molecule has 4 aromatic rings. The summed E-state index contributed by atoms with van der Waals surface area (Å²) in [7, 11) is 0. The Morgan fingerprint density at radius 3 is 2.69 bits per heavy atom. The molecule has 3 aliphatic rings. The zero-order valence-corrected chi connectivity index (χ0v) is 19.8. The van der Waals surface area contributed by atoms with Gasteiger partial charge >= 0.3 is 0 Å². The first-order valence-electron chi connectivity index (χ1n) is 12.2. The third-order valence-electron chi connectivity index (χ3n) is 7.56. The average Bonchev–Trinajstić information content (AvgIpc) is 3.48. The van der Waals surface area contributed by atoms with E-state index in [2.05, 4.69) is 21.2 Å². The zero-order chi connectivity index (χ0) is 23.7. The lowest BCUT2D eigenvalue weighted by molar-refractivity contribution is 0.0834. The number of aromatic nitrogens is 4.